The van der Waals surface area contributed by atoms with Crippen LogP contribution in [0.2, 0.25) is 0 Å². The van der Waals surface area contributed by atoms with Crippen LogP contribution >= 0.6 is 23.5 Å². The highest BCUT2D eigenvalue weighted by atomic mass is 32.2. The van der Waals surface area contributed by atoms with Gasteiger partial charge in [-0.25, -0.2) is 0 Å². The van der Waals surface area contributed by atoms with Crippen LogP contribution < -0.4 is 5.32 Å². The number of nitrogens with one attached hydrogen (secondary N) is 1. The smallest absolute Gasteiger partial charge is 0.269 e. The second kappa shape index (κ2) is 6.85. The van der Waals surface area contributed by atoms with E-state index in [0.29, 0.717) is 0 Å². The van der Waals surface area contributed by atoms with Crippen LogP contribution in [0.1, 0.15) is 0 Å². The van der Waals surface area contributed by atoms with E-state index in [1.165, 1.54) is 12.1 Å². The van der Waals surface area contributed by atoms with Crippen molar-refractivity contribution in [3.63, 3.8) is 0 Å². The Morgan fingerprint density at radius 2 is 1.73 bits per heavy atom. The molecule has 2 aromatic rings. The first kappa shape index (κ1) is 14.9. The number of hydrogen-bond acceptors (Lipinski definition) is 6. The molecule has 1 aliphatic heterocycles. The Morgan fingerprint density at radius 1 is 1.09 bits per heavy atom. The monoisotopic (exact) mass is 331 g/mol. The number of aliphatic imine (C=N–C) groups is 1. The first-order chi connectivity index (χ1) is 10.7. The number of anilines is 1. The topological polar surface area (TPSA) is 67.5 Å². The van der Waals surface area contributed by atoms with Crippen molar-refractivity contribution < 1.29 is 4.92 Å². The standard InChI is InChI=1S/C15H13N3O2S2/c19-18(20)12-3-7-14(8-4-12)22-13-5-1-11(2-6-13)17-15-16-9-10-21-15/h1-8H,9-10H2,(H,16,17). The number of nitro groups is 1. The lowest BCUT2D eigenvalue weighted by Crippen LogP contribution is -2.04. The van der Waals surface area contributed by atoms with Crippen LogP contribution in [-0.2, 0) is 0 Å². The van der Waals surface area contributed by atoms with Crippen molar-refractivity contribution in [3.05, 3.63) is 58.6 Å². The zero-order valence-corrected chi connectivity index (χ0v) is 13.2. The molecule has 3 rings (SSSR count). The highest BCUT2D eigenvalue weighted by Gasteiger charge is 2.07. The van der Waals surface area contributed by atoms with Crippen LogP contribution in [0, 0.1) is 10.1 Å². The first-order valence-electron chi connectivity index (χ1n) is 6.67. The van der Waals surface area contributed by atoms with Gasteiger partial charge in [0.2, 0.25) is 0 Å². The van der Waals surface area contributed by atoms with Gasteiger partial charge in [0, 0.05) is 33.4 Å². The number of rotatable bonds is 4. The van der Waals surface area contributed by atoms with E-state index in [1.54, 1.807) is 35.7 Å². The Kier molecular flexibility index (Phi) is 4.65. The largest absolute Gasteiger partial charge is 0.335 e. The molecule has 0 radical (unpaired) electrons. The number of nitrogens with zero attached hydrogens (tertiary/aromatic N) is 2. The third-order valence-electron chi connectivity index (χ3n) is 2.97. The van der Waals surface area contributed by atoms with Crippen molar-refractivity contribution in [2.45, 2.75) is 9.79 Å². The number of nitro benzene ring substituents is 1. The predicted molar refractivity (Wildman–Crippen MR) is 92.0 cm³/mol. The molecule has 0 spiro atoms. The summed E-state index contributed by atoms with van der Waals surface area (Å²) in [5.41, 5.74) is 1.12. The summed E-state index contributed by atoms with van der Waals surface area (Å²) in [6.45, 7) is 0.876. The van der Waals surface area contributed by atoms with Gasteiger partial charge in [-0.05, 0) is 36.4 Å². The molecule has 0 fully saturated rings. The number of benzene rings is 2. The molecule has 1 heterocycles. The maximum absolute atomic E-state index is 10.6. The zero-order chi connectivity index (χ0) is 15.4. The summed E-state index contributed by atoms with van der Waals surface area (Å²) >= 11 is 3.30. The van der Waals surface area contributed by atoms with Gasteiger partial charge in [-0.15, -0.1) is 0 Å². The summed E-state index contributed by atoms with van der Waals surface area (Å²) in [4.78, 5) is 16.6. The average Bonchev–Trinajstić information content (AvgIpc) is 3.03. The van der Waals surface area contributed by atoms with Gasteiger partial charge in [0.25, 0.3) is 5.69 Å². The maximum Gasteiger partial charge on any atom is 0.269 e. The molecule has 1 aliphatic rings. The fourth-order valence-electron chi connectivity index (χ4n) is 1.91. The first-order valence-corrected chi connectivity index (χ1v) is 8.47. The molecule has 112 valence electrons. The molecule has 0 saturated heterocycles. The maximum atomic E-state index is 10.6. The summed E-state index contributed by atoms with van der Waals surface area (Å²) in [7, 11) is 0. The predicted octanol–water partition coefficient (Wildman–Crippen LogP) is 4.26. The van der Waals surface area contributed by atoms with Gasteiger partial charge in [-0.2, -0.15) is 0 Å². The molecule has 0 aliphatic carbocycles. The SMILES string of the molecule is O=[N+]([O-])c1ccc(Sc2ccc(NC3=NCCS3)cc2)cc1. The Morgan fingerprint density at radius 3 is 2.27 bits per heavy atom. The Bertz CT molecular complexity index is 700. The van der Waals surface area contributed by atoms with Crippen molar-refractivity contribution in [1.82, 2.24) is 0 Å². The lowest BCUT2D eigenvalue weighted by atomic mass is 10.3. The van der Waals surface area contributed by atoms with E-state index in [0.717, 1.165) is 32.9 Å². The minimum absolute atomic E-state index is 0.110. The van der Waals surface area contributed by atoms with E-state index in [4.69, 9.17) is 0 Å². The summed E-state index contributed by atoms with van der Waals surface area (Å²) in [6.07, 6.45) is 0. The van der Waals surface area contributed by atoms with E-state index in [1.807, 2.05) is 24.3 Å². The average molecular weight is 331 g/mol. The van der Waals surface area contributed by atoms with Crippen molar-refractivity contribution in [2.75, 3.05) is 17.6 Å². The van der Waals surface area contributed by atoms with E-state index in [-0.39, 0.29) is 5.69 Å². The Labute approximate surface area is 136 Å². The van der Waals surface area contributed by atoms with Gasteiger partial charge in [-0.1, -0.05) is 23.5 Å². The number of amidine groups is 1. The minimum Gasteiger partial charge on any atom is -0.335 e. The van der Waals surface area contributed by atoms with Gasteiger partial charge in [0.1, 0.15) is 0 Å². The Hall–Kier alpha value is -1.99. The number of hydrogen-bond donors (Lipinski definition) is 1. The quantitative estimate of drug-likeness (QED) is 0.669. The van der Waals surface area contributed by atoms with Crippen molar-refractivity contribution in [3.8, 4) is 0 Å². The molecule has 0 atom stereocenters. The zero-order valence-electron chi connectivity index (χ0n) is 11.6. The van der Waals surface area contributed by atoms with Gasteiger partial charge in [0.15, 0.2) is 5.17 Å². The van der Waals surface area contributed by atoms with Crippen LogP contribution in [0.15, 0.2) is 63.3 Å². The van der Waals surface area contributed by atoms with Gasteiger partial charge >= 0.3 is 0 Å². The molecular formula is C15H13N3O2S2. The molecule has 0 bridgehead atoms. The van der Waals surface area contributed by atoms with E-state index in [2.05, 4.69) is 10.3 Å². The van der Waals surface area contributed by atoms with E-state index in [9.17, 15) is 10.1 Å². The van der Waals surface area contributed by atoms with Gasteiger partial charge in [-0.3, -0.25) is 15.1 Å². The fourth-order valence-corrected chi connectivity index (χ4v) is 3.48. The summed E-state index contributed by atoms with van der Waals surface area (Å²) < 4.78 is 0. The highest BCUT2D eigenvalue weighted by Crippen LogP contribution is 2.30. The molecule has 7 heteroatoms. The second-order valence-corrected chi connectivity index (χ2v) is 6.77. The fraction of sp³-hybridized carbons (Fsp3) is 0.133. The molecule has 0 aromatic heterocycles. The van der Waals surface area contributed by atoms with E-state index >= 15 is 0 Å². The Balaban J connectivity index is 1.64. The molecule has 0 saturated carbocycles. The molecule has 0 amide bonds. The third-order valence-corrected chi connectivity index (χ3v) is 4.88. The summed E-state index contributed by atoms with van der Waals surface area (Å²) in [5.74, 6) is 1.04. The normalized spacial score (nSPS) is 13.7. The van der Waals surface area contributed by atoms with Gasteiger partial charge < -0.3 is 5.32 Å². The van der Waals surface area contributed by atoms with Crippen LogP contribution in [0.5, 0.6) is 0 Å². The molecule has 5 nitrogen and oxygen atoms in total. The van der Waals surface area contributed by atoms with Crippen LogP contribution in [0.3, 0.4) is 0 Å². The molecule has 0 unspecified atom stereocenters. The second-order valence-electron chi connectivity index (χ2n) is 4.54. The third kappa shape index (κ3) is 3.80. The molecule has 1 N–H and O–H groups in total. The molecular weight excluding hydrogens is 318 g/mol. The van der Waals surface area contributed by atoms with Gasteiger partial charge in [0.05, 0.1) is 11.5 Å². The van der Waals surface area contributed by atoms with E-state index < -0.39 is 4.92 Å². The number of thioether (sulfide) groups is 1. The van der Waals surface area contributed by atoms with Crippen molar-refractivity contribution in [2.24, 2.45) is 4.99 Å². The van der Waals surface area contributed by atoms with Crippen molar-refractivity contribution >= 4 is 40.1 Å². The van der Waals surface area contributed by atoms with Crippen LogP contribution in [0.25, 0.3) is 0 Å². The molecule has 22 heavy (non-hydrogen) atoms. The lowest BCUT2D eigenvalue weighted by molar-refractivity contribution is -0.384. The summed E-state index contributed by atoms with van der Waals surface area (Å²) in [6, 6.07) is 14.6. The summed E-state index contributed by atoms with van der Waals surface area (Å²) in [5, 5.41) is 14.9. The highest BCUT2D eigenvalue weighted by molar-refractivity contribution is 8.14. The van der Waals surface area contributed by atoms with Crippen molar-refractivity contribution in [1.29, 1.82) is 0 Å². The van der Waals surface area contributed by atoms with Crippen LogP contribution in [0.4, 0.5) is 11.4 Å². The minimum atomic E-state index is -0.390. The lowest BCUT2D eigenvalue weighted by Gasteiger charge is -2.06. The van der Waals surface area contributed by atoms with Crippen LogP contribution in [-0.4, -0.2) is 22.4 Å². The molecule has 2 aromatic carbocycles. The number of non-ortho nitro benzene ring substituents is 1.